The lowest BCUT2D eigenvalue weighted by Crippen LogP contribution is -2.55. The van der Waals surface area contributed by atoms with Crippen LogP contribution in [0.1, 0.15) is 133 Å². The van der Waals surface area contributed by atoms with E-state index in [9.17, 15) is 148 Å². The van der Waals surface area contributed by atoms with Gasteiger partial charge < -0.3 is 56.1 Å². The molecule has 8 aliphatic carbocycles. The first kappa shape index (κ1) is 103. The van der Waals surface area contributed by atoms with Crippen molar-refractivity contribution < 1.29 is 186 Å². The fourth-order valence-electron chi connectivity index (χ4n) is 16.4. The van der Waals surface area contributed by atoms with Crippen LogP contribution in [0, 0.1) is 60.6 Å². The highest BCUT2D eigenvalue weighted by molar-refractivity contribution is 14.1. The maximum atomic E-state index is 13.2. The number of hydrogen-bond acceptors (Lipinski definition) is 29. The van der Waals surface area contributed by atoms with E-state index >= 15 is 0 Å². The van der Waals surface area contributed by atoms with Crippen molar-refractivity contribution in [2.75, 3.05) is 23.0 Å². The fraction of sp³-hybridized carbons (Fsp3) is 0.388. The monoisotopic (exact) mass is 2350 g/mol. The van der Waals surface area contributed by atoms with Crippen molar-refractivity contribution >= 4 is 195 Å². The van der Waals surface area contributed by atoms with Crippen molar-refractivity contribution in [3.63, 3.8) is 0 Å². The van der Waals surface area contributed by atoms with Crippen LogP contribution in [0.3, 0.4) is 0 Å². The number of benzene rings is 7. The second-order valence-corrected chi connectivity index (χ2v) is 41.7. The molecule has 8 fully saturated rings. The standard InChI is InChI=1S/C21H20F3IO8S.C21H22F3IO7S.C21H14F3IO7S.C17H12F3IO7S/c22-21(23,24)16(9-34(29,30)31)33-18(27)14-2-1-13(25)5-15(14)32-19(28)20-6-10-3-11(7-20)17(26)12(4-10)8-20;22-21(23,24)17(10-33(28,29)30)32-18(26)15-2-1-14(25)6-16(15)31-19(27)20-7-11-3-12(8-20)5-13(4-11)9-20;22-21(23,24)18(11-33(28,29)30)32-20(27)16-9-8-13(25)10-17(16)31-19(26)15-7-3-5-12-4-1-2-6-14(12)15;18-17(19,20)14(9-29(24,25)26)28-16(23)12-7-6-11(21)8-13(12)27-15(22)10-4-2-1-3-5-10/h1-2,5,10-12,16H,3-4,6-9H2,(H,29,30,31);1-2,6,11-13,17H,3-5,7-10H2,(H,28,29,30);1-10,18H,11H2,(H,28,29,30);1-8,14H,9H2,(H,24,25,26)/p-4. The van der Waals surface area contributed by atoms with Crippen molar-refractivity contribution in [1.82, 2.24) is 0 Å². The Bertz CT molecular complexity index is 5930. The Kier molecular flexibility index (Phi) is 32.6. The van der Waals surface area contributed by atoms with E-state index in [0.717, 1.165) is 61.8 Å². The highest BCUT2D eigenvalue weighted by atomic mass is 127. The van der Waals surface area contributed by atoms with Crippen molar-refractivity contribution in [3.8, 4) is 23.0 Å². The minimum absolute atomic E-state index is 0.122. The summed E-state index contributed by atoms with van der Waals surface area (Å²) in [5, 5.41) is 1.29. The van der Waals surface area contributed by atoms with Crippen LogP contribution in [0.2, 0.25) is 0 Å². The van der Waals surface area contributed by atoms with Gasteiger partial charge in [0.15, 0.2) is 0 Å². The lowest BCUT2D eigenvalue weighted by atomic mass is 9.49. The molecule has 0 aromatic heterocycles. The van der Waals surface area contributed by atoms with Crippen molar-refractivity contribution in [2.45, 2.75) is 120 Å². The van der Waals surface area contributed by atoms with Crippen LogP contribution >= 0.6 is 90.4 Å². The Morgan fingerprint density at radius 2 is 0.620 bits per heavy atom. The zero-order valence-corrected chi connectivity index (χ0v) is 77.2. The van der Waals surface area contributed by atoms with E-state index in [2.05, 4.69) is 18.9 Å². The van der Waals surface area contributed by atoms with Gasteiger partial charge in [0.25, 0.3) is 0 Å². The Hall–Kier alpha value is -8.05. The molecule has 698 valence electrons. The largest absolute Gasteiger partial charge is 0.748 e. The summed E-state index contributed by atoms with van der Waals surface area (Å²) in [5.41, 5.74) is -3.37. The Labute approximate surface area is 779 Å². The zero-order valence-electron chi connectivity index (χ0n) is 65.3. The molecule has 129 heavy (non-hydrogen) atoms. The number of esters is 8. The molecule has 7 aromatic rings. The molecule has 0 heterocycles. The van der Waals surface area contributed by atoms with E-state index in [4.69, 9.17) is 18.9 Å². The summed E-state index contributed by atoms with van der Waals surface area (Å²) in [4.78, 5) is 114. The number of Topliss-reactive ketones (excluding diaryl/α,β-unsaturated/α-hetero) is 1. The van der Waals surface area contributed by atoms with Gasteiger partial charge in [0, 0.05) is 26.1 Å². The smallest absolute Gasteiger partial charge is 0.426 e. The van der Waals surface area contributed by atoms with E-state index in [1.54, 1.807) is 54.6 Å². The Balaban J connectivity index is 0.000000179. The number of alkyl halides is 12. The lowest BCUT2D eigenvalue weighted by molar-refractivity contribution is -0.197. The van der Waals surface area contributed by atoms with E-state index in [-0.39, 0.29) is 51.9 Å². The van der Waals surface area contributed by atoms with E-state index in [1.165, 1.54) is 66.7 Å². The Morgan fingerprint density at radius 1 is 0.341 bits per heavy atom. The number of rotatable bonds is 24. The van der Waals surface area contributed by atoms with Crippen LogP contribution in [-0.4, -0.2) is 178 Å². The number of hydrogen-bond donors (Lipinski definition) is 0. The van der Waals surface area contributed by atoms with E-state index in [0.29, 0.717) is 75.9 Å². The molecule has 0 N–H and O–H groups in total. The van der Waals surface area contributed by atoms with Gasteiger partial charge in [-0.1, -0.05) is 54.6 Å². The average molecular weight is 2350 g/mol. The van der Waals surface area contributed by atoms with Crippen LogP contribution in [-0.2, 0) is 73.8 Å². The van der Waals surface area contributed by atoms with Crippen LogP contribution in [0.15, 0.2) is 146 Å². The molecule has 8 aliphatic rings. The third kappa shape index (κ3) is 28.3. The predicted molar refractivity (Wildman–Crippen MR) is 449 cm³/mol. The third-order valence-corrected chi connectivity index (χ3v) is 26.8. The van der Waals surface area contributed by atoms with Gasteiger partial charge in [0.05, 0.1) is 85.4 Å². The highest BCUT2D eigenvalue weighted by Gasteiger charge is 2.60. The van der Waals surface area contributed by atoms with Crippen LogP contribution in [0.4, 0.5) is 52.7 Å². The molecular formula is C80H64F12I4O29S4-4. The van der Waals surface area contributed by atoms with Crippen LogP contribution < -0.4 is 18.9 Å². The minimum Gasteiger partial charge on any atom is -0.748 e. The zero-order chi connectivity index (χ0) is 95.4. The summed E-state index contributed by atoms with van der Waals surface area (Å²) in [7, 11) is -21.4. The maximum Gasteiger partial charge on any atom is 0.426 e. The Morgan fingerprint density at radius 3 is 0.938 bits per heavy atom. The summed E-state index contributed by atoms with van der Waals surface area (Å²) >= 11 is 7.40. The van der Waals surface area contributed by atoms with E-state index in [1.807, 2.05) is 90.4 Å². The molecule has 15 rings (SSSR count). The molecule has 0 radical (unpaired) electrons. The first-order valence-corrected chi connectivity index (χ1v) is 48.2. The molecular weight excluding hydrogens is 2290 g/mol. The van der Waals surface area contributed by atoms with Crippen LogP contribution in [0.5, 0.6) is 23.0 Å². The molecule has 0 spiro atoms. The van der Waals surface area contributed by atoms with Gasteiger partial charge in [0.1, 0.15) is 51.0 Å². The van der Waals surface area contributed by atoms with Gasteiger partial charge in [0.2, 0.25) is 24.4 Å². The second-order valence-electron chi connectivity index (χ2n) is 30.9. The lowest BCUT2D eigenvalue weighted by Gasteiger charge is -2.55. The van der Waals surface area contributed by atoms with Crippen molar-refractivity contribution in [3.05, 3.63) is 193 Å². The van der Waals surface area contributed by atoms with Gasteiger partial charge in [-0.05, 0) is 286 Å². The number of ketones is 1. The average Bonchev–Trinajstić information content (AvgIpc) is 0.730. The minimum atomic E-state index is -5.36. The number of carbonyl (C=O) groups is 9. The van der Waals surface area contributed by atoms with E-state index < -0.39 is 199 Å². The molecule has 7 aromatic carbocycles. The fourth-order valence-corrected chi connectivity index (χ4v) is 20.7. The number of halogens is 16. The number of fused-ring (bicyclic) bond motifs is 1. The maximum absolute atomic E-state index is 13.2. The summed E-state index contributed by atoms with van der Waals surface area (Å²) < 4.78 is 327. The van der Waals surface area contributed by atoms with Gasteiger partial charge in [-0.3, -0.25) is 14.4 Å². The normalized spacial score (nSPS) is 21.4. The molecule has 8 saturated carbocycles. The van der Waals surface area contributed by atoms with Crippen LogP contribution in [0.25, 0.3) is 10.8 Å². The SMILES string of the molecule is O=C(OC(CS(=O)(=O)[O-])C(F)(F)F)c1ccc(I)cc1OC(=O)C12CC3CC(C1)C(=O)C(C3)C2.O=C(OC(CS(=O)(=O)[O-])C(F)(F)F)c1ccc(I)cc1OC(=O)C12CC3CC(CC(C3)C1)C2.O=C(OC(CS(=O)(=O)[O-])C(F)(F)F)c1ccc(I)cc1OC(=O)c1cccc2ccccc12.O=C(Oc1cc(I)ccc1C(=O)OC(CS(=O)(=O)[O-])C(F)(F)F)c1ccccc1. The summed E-state index contributed by atoms with van der Waals surface area (Å²) in [6.45, 7) is 0. The molecule has 49 heteroatoms. The predicted octanol–water partition coefficient (Wildman–Crippen LogP) is 14.7. The first-order chi connectivity index (χ1) is 59.6. The molecule has 0 amide bonds. The van der Waals surface area contributed by atoms with Gasteiger partial charge in [-0.15, -0.1) is 0 Å². The number of ether oxygens (including phenoxy) is 8. The summed E-state index contributed by atoms with van der Waals surface area (Å²) in [6.07, 6.45) is -25.8. The summed E-state index contributed by atoms with van der Waals surface area (Å²) in [5.74, 6) is -17.3. The first-order valence-electron chi connectivity index (χ1n) is 37.6. The highest BCUT2D eigenvalue weighted by Crippen LogP contribution is 2.61. The molecule has 29 nitrogen and oxygen atoms in total. The van der Waals surface area contributed by atoms with Gasteiger partial charge in [-0.2, -0.15) is 52.7 Å². The van der Waals surface area contributed by atoms with Gasteiger partial charge >= 0.3 is 72.5 Å². The molecule has 0 aliphatic heterocycles. The van der Waals surface area contributed by atoms with Gasteiger partial charge in [-0.25, -0.2) is 62.4 Å². The van der Waals surface area contributed by atoms with Crippen molar-refractivity contribution in [2.24, 2.45) is 46.3 Å². The summed E-state index contributed by atoms with van der Waals surface area (Å²) in [6, 6.07) is 34.2. The molecule has 6 unspecified atom stereocenters. The topological polar surface area (TPSA) is 456 Å². The molecule has 0 saturated heterocycles. The number of carbonyl (C=O) groups excluding carboxylic acids is 9. The molecule has 8 bridgehead atoms. The quantitative estimate of drug-likeness (QED) is 0.0135. The van der Waals surface area contributed by atoms with Crippen molar-refractivity contribution in [1.29, 1.82) is 0 Å². The molecule has 6 atom stereocenters. The third-order valence-electron chi connectivity index (χ3n) is 21.3. The second kappa shape index (κ2) is 40.8.